The van der Waals surface area contributed by atoms with Crippen molar-refractivity contribution in [2.45, 2.75) is 19.8 Å². The van der Waals surface area contributed by atoms with Gasteiger partial charge in [-0.3, -0.25) is 4.68 Å². The van der Waals surface area contributed by atoms with Crippen LogP contribution in [0.15, 0.2) is 60.7 Å². The van der Waals surface area contributed by atoms with Gasteiger partial charge in [0.15, 0.2) is 0 Å². The fourth-order valence-corrected chi connectivity index (χ4v) is 2.63. The topological polar surface area (TPSA) is 53.4 Å². The molecule has 0 spiro atoms. The summed E-state index contributed by atoms with van der Waals surface area (Å²) in [6, 6.07) is 16.3. The fourth-order valence-electron chi connectivity index (χ4n) is 2.63. The molecule has 0 aliphatic rings. The molecule has 0 fully saturated rings. The van der Waals surface area contributed by atoms with Gasteiger partial charge in [0, 0.05) is 5.56 Å². The van der Waals surface area contributed by atoms with Gasteiger partial charge in [-0.05, 0) is 42.8 Å². The standard InChI is InChI=1S/C20H17F3N2O3/c1-2-27-19(26)18-12-17(24-25(18)13-14-6-4-3-5-7-14)15-8-10-16(11-9-15)28-20(21,22)23/h3-12H,2,13H2,1H3. The van der Waals surface area contributed by atoms with Gasteiger partial charge in [-0.2, -0.15) is 5.10 Å². The smallest absolute Gasteiger partial charge is 0.461 e. The maximum Gasteiger partial charge on any atom is 0.573 e. The van der Waals surface area contributed by atoms with Gasteiger partial charge >= 0.3 is 12.3 Å². The van der Waals surface area contributed by atoms with E-state index in [1.54, 1.807) is 13.0 Å². The highest BCUT2D eigenvalue weighted by molar-refractivity contribution is 5.89. The zero-order chi connectivity index (χ0) is 20.1. The number of ether oxygens (including phenoxy) is 2. The number of hydrogen-bond donors (Lipinski definition) is 0. The number of halogens is 3. The van der Waals surface area contributed by atoms with Crippen LogP contribution in [0.1, 0.15) is 23.0 Å². The normalized spacial score (nSPS) is 11.3. The highest BCUT2D eigenvalue weighted by atomic mass is 19.4. The number of rotatable bonds is 6. The Labute approximate surface area is 159 Å². The molecule has 0 atom stereocenters. The van der Waals surface area contributed by atoms with Crippen molar-refractivity contribution in [3.05, 3.63) is 71.9 Å². The summed E-state index contributed by atoms with van der Waals surface area (Å²) in [4.78, 5) is 12.3. The van der Waals surface area contributed by atoms with E-state index in [2.05, 4.69) is 9.84 Å². The van der Waals surface area contributed by atoms with Crippen LogP contribution in [0.25, 0.3) is 11.3 Å². The number of esters is 1. The van der Waals surface area contributed by atoms with Crippen LogP contribution in [0.3, 0.4) is 0 Å². The summed E-state index contributed by atoms with van der Waals surface area (Å²) in [6.07, 6.45) is -4.75. The van der Waals surface area contributed by atoms with Crippen LogP contribution in [-0.4, -0.2) is 28.7 Å². The molecule has 0 N–H and O–H groups in total. The second-order valence-corrected chi connectivity index (χ2v) is 5.85. The van der Waals surface area contributed by atoms with Crippen molar-refractivity contribution in [1.82, 2.24) is 9.78 Å². The van der Waals surface area contributed by atoms with E-state index in [-0.39, 0.29) is 18.1 Å². The first-order valence-electron chi connectivity index (χ1n) is 8.51. The first kappa shape index (κ1) is 19.5. The number of carbonyl (C=O) groups excluding carboxylic acids is 1. The molecule has 0 unspecified atom stereocenters. The molecule has 0 aliphatic heterocycles. The zero-order valence-corrected chi connectivity index (χ0v) is 14.9. The summed E-state index contributed by atoms with van der Waals surface area (Å²) in [7, 11) is 0. The Kier molecular flexibility index (Phi) is 5.67. The van der Waals surface area contributed by atoms with Crippen LogP contribution < -0.4 is 4.74 Å². The molecule has 0 bridgehead atoms. The highest BCUT2D eigenvalue weighted by Gasteiger charge is 2.31. The average molecular weight is 390 g/mol. The van der Waals surface area contributed by atoms with Gasteiger partial charge in [-0.1, -0.05) is 30.3 Å². The zero-order valence-electron chi connectivity index (χ0n) is 14.9. The lowest BCUT2D eigenvalue weighted by Gasteiger charge is -2.08. The monoisotopic (exact) mass is 390 g/mol. The predicted octanol–water partition coefficient (Wildman–Crippen LogP) is 4.67. The number of aromatic nitrogens is 2. The maximum absolute atomic E-state index is 12.3. The largest absolute Gasteiger partial charge is 0.573 e. The number of alkyl halides is 3. The van der Waals surface area contributed by atoms with E-state index < -0.39 is 12.3 Å². The summed E-state index contributed by atoms with van der Waals surface area (Å²) in [5, 5.41) is 4.44. The Bertz CT molecular complexity index is 936. The SMILES string of the molecule is CCOC(=O)c1cc(-c2ccc(OC(F)(F)F)cc2)nn1Cc1ccccc1. The Balaban J connectivity index is 1.91. The lowest BCUT2D eigenvalue weighted by atomic mass is 10.1. The Morgan fingerprint density at radius 3 is 2.36 bits per heavy atom. The minimum Gasteiger partial charge on any atom is -0.461 e. The summed E-state index contributed by atoms with van der Waals surface area (Å²) in [6.45, 7) is 2.27. The molecular formula is C20H17F3N2O3. The second-order valence-electron chi connectivity index (χ2n) is 5.85. The van der Waals surface area contributed by atoms with Crippen molar-refractivity contribution in [1.29, 1.82) is 0 Å². The van der Waals surface area contributed by atoms with Gasteiger partial charge in [0.05, 0.1) is 18.8 Å². The van der Waals surface area contributed by atoms with E-state index in [0.29, 0.717) is 17.8 Å². The molecular weight excluding hydrogens is 373 g/mol. The number of benzene rings is 2. The summed E-state index contributed by atoms with van der Waals surface area (Å²) < 4.78 is 47.4. The molecule has 3 rings (SSSR count). The molecule has 0 aliphatic carbocycles. The summed E-state index contributed by atoms with van der Waals surface area (Å²) in [5.74, 6) is -0.847. The minimum absolute atomic E-state index is 0.216. The third kappa shape index (κ3) is 4.91. The first-order valence-corrected chi connectivity index (χ1v) is 8.51. The average Bonchev–Trinajstić information content (AvgIpc) is 3.06. The molecule has 0 radical (unpaired) electrons. The van der Waals surface area contributed by atoms with Gasteiger partial charge in [-0.25, -0.2) is 4.79 Å². The predicted molar refractivity (Wildman–Crippen MR) is 95.8 cm³/mol. The van der Waals surface area contributed by atoms with Crippen LogP contribution in [0.4, 0.5) is 13.2 Å². The van der Waals surface area contributed by atoms with Crippen molar-refractivity contribution < 1.29 is 27.4 Å². The maximum atomic E-state index is 12.3. The lowest BCUT2D eigenvalue weighted by molar-refractivity contribution is -0.274. The molecule has 8 heteroatoms. The fraction of sp³-hybridized carbons (Fsp3) is 0.200. The molecule has 2 aromatic carbocycles. The minimum atomic E-state index is -4.75. The van der Waals surface area contributed by atoms with Crippen LogP contribution in [0, 0.1) is 0 Å². The van der Waals surface area contributed by atoms with E-state index in [9.17, 15) is 18.0 Å². The number of carbonyl (C=O) groups is 1. The van der Waals surface area contributed by atoms with Gasteiger partial charge in [0.25, 0.3) is 0 Å². The molecule has 28 heavy (non-hydrogen) atoms. The van der Waals surface area contributed by atoms with Gasteiger partial charge in [-0.15, -0.1) is 13.2 Å². The van der Waals surface area contributed by atoms with Crippen LogP contribution in [0.5, 0.6) is 5.75 Å². The number of hydrogen-bond acceptors (Lipinski definition) is 4. The molecule has 1 aromatic heterocycles. The van der Waals surface area contributed by atoms with Gasteiger partial charge in [0.2, 0.25) is 0 Å². The summed E-state index contributed by atoms with van der Waals surface area (Å²) in [5.41, 5.74) is 2.19. The number of nitrogens with zero attached hydrogens (tertiary/aromatic N) is 2. The lowest BCUT2D eigenvalue weighted by Crippen LogP contribution is -2.16. The van der Waals surface area contributed by atoms with E-state index in [4.69, 9.17) is 4.74 Å². The molecule has 0 saturated heterocycles. The third-order valence-electron chi connectivity index (χ3n) is 3.82. The van der Waals surface area contributed by atoms with Crippen LogP contribution in [-0.2, 0) is 11.3 Å². The molecule has 3 aromatic rings. The molecule has 1 heterocycles. The van der Waals surface area contributed by atoms with Gasteiger partial charge < -0.3 is 9.47 Å². The van der Waals surface area contributed by atoms with Crippen molar-refractivity contribution in [3.63, 3.8) is 0 Å². The van der Waals surface area contributed by atoms with Crippen LogP contribution >= 0.6 is 0 Å². The molecule has 0 saturated carbocycles. The Hall–Kier alpha value is -3.29. The van der Waals surface area contributed by atoms with E-state index in [1.807, 2.05) is 30.3 Å². The molecule has 146 valence electrons. The van der Waals surface area contributed by atoms with Crippen LogP contribution in [0.2, 0.25) is 0 Å². The second kappa shape index (κ2) is 8.16. The third-order valence-corrected chi connectivity index (χ3v) is 3.82. The quantitative estimate of drug-likeness (QED) is 0.574. The first-order chi connectivity index (χ1) is 13.4. The Morgan fingerprint density at radius 2 is 1.75 bits per heavy atom. The van der Waals surface area contributed by atoms with Crippen molar-refractivity contribution in [2.75, 3.05) is 6.61 Å². The van der Waals surface area contributed by atoms with Crippen molar-refractivity contribution in [2.24, 2.45) is 0 Å². The van der Waals surface area contributed by atoms with E-state index >= 15 is 0 Å². The summed E-state index contributed by atoms with van der Waals surface area (Å²) >= 11 is 0. The van der Waals surface area contributed by atoms with E-state index in [1.165, 1.54) is 28.9 Å². The molecule has 0 amide bonds. The van der Waals surface area contributed by atoms with Gasteiger partial charge in [0.1, 0.15) is 11.4 Å². The highest BCUT2D eigenvalue weighted by Crippen LogP contribution is 2.26. The van der Waals surface area contributed by atoms with E-state index in [0.717, 1.165) is 5.56 Å². The Morgan fingerprint density at radius 1 is 1.07 bits per heavy atom. The molecule has 5 nitrogen and oxygen atoms in total. The van der Waals surface area contributed by atoms with Crippen molar-refractivity contribution >= 4 is 5.97 Å². The van der Waals surface area contributed by atoms with Crippen molar-refractivity contribution in [3.8, 4) is 17.0 Å².